The van der Waals surface area contributed by atoms with Crippen LogP contribution in [0.2, 0.25) is 0 Å². The molecule has 8 heteroatoms. The molecule has 34 heavy (non-hydrogen) atoms. The number of hydrogen-bond donors (Lipinski definition) is 3. The average molecular weight is 467 g/mol. The molecule has 0 aliphatic heterocycles. The summed E-state index contributed by atoms with van der Waals surface area (Å²) in [6.45, 7) is 3.30. The topological polar surface area (TPSA) is 114 Å². The predicted octanol–water partition coefficient (Wildman–Crippen LogP) is 3.47. The van der Waals surface area contributed by atoms with Crippen molar-refractivity contribution in [3.8, 4) is 11.1 Å². The molecule has 0 spiro atoms. The lowest BCUT2D eigenvalue weighted by Crippen LogP contribution is -2.57. The van der Waals surface area contributed by atoms with Gasteiger partial charge in [-0.15, -0.1) is 0 Å². The lowest BCUT2D eigenvalue weighted by atomic mass is 9.96. The van der Waals surface area contributed by atoms with Crippen molar-refractivity contribution in [1.29, 1.82) is 0 Å². The Morgan fingerprint density at radius 2 is 1.65 bits per heavy atom. The Kier molecular flexibility index (Phi) is 8.07. The van der Waals surface area contributed by atoms with E-state index in [1.807, 2.05) is 36.4 Å². The summed E-state index contributed by atoms with van der Waals surface area (Å²) in [7, 11) is 1.38. The molecular formula is C26H30N2O6. The molecule has 0 fully saturated rings. The van der Waals surface area contributed by atoms with Gasteiger partial charge in [0.05, 0.1) is 6.61 Å². The van der Waals surface area contributed by atoms with Gasteiger partial charge in [-0.25, -0.2) is 9.59 Å². The van der Waals surface area contributed by atoms with Crippen molar-refractivity contribution in [1.82, 2.24) is 10.6 Å². The highest BCUT2D eigenvalue weighted by molar-refractivity contribution is 5.97. The summed E-state index contributed by atoms with van der Waals surface area (Å²) < 4.78 is 10.4. The van der Waals surface area contributed by atoms with Gasteiger partial charge in [-0.2, -0.15) is 0 Å². The molecule has 1 unspecified atom stereocenters. The number of nitrogens with one attached hydrogen (secondary N) is 2. The smallest absolute Gasteiger partial charge is 0.407 e. The van der Waals surface area contributed by atoms with Gasteiger partial charge in [0.1, 0.15) is 6.61 Å². The van der Waals surface area contributed by atoms with Crippen LogP contribution in [0.4, 0.5) is 4.79 Å². The normalized spacial score (nSPS) is 14.5. The van der Waals surface area contributed by atoms with Crippen molar-refractivity contribution in [3.63, 3.8) is 0 Å². The molecule has 3 rings (SSSR count). The van der Waals surface area contributed by atoms with Crippen molar-refractivity contribution in [3.05, 3.63) is 71.3 Å². The van der Waals surface area contributed by atoms with Crippen molar-refractivity contribution >= 4 is 18.0 Å². The van der Waals surface area contributed by atoms with Crippen molar-refractivity contribution in [2.45, 2.75) is 31.7 Å². The molecule has 2 aromatic carbocycles. The second-order valence-electron chi connectivity index (χ2n) is 8.22. The molecule has 0 radical (unpaired) electrons. The van der Waals surface area contributed by atoms with Gasteiger partial charge >= 0.3 is 12.1 Å². The minimum atomic E-state index is -1.51. The number of aliphatic carboxylic acids is 1. The molecular weight excluding hydrogens is 436 g/mol. The third-order valence-corrected chi connectivity index (χ3v) is 6.11. The highest BCUT2D eigenvalue weighted by Crippen LogP contribution is 2.44. The Labute approximate surface area is 199 Å². The number of fused-ring (bicyclic) bond motifs is 3. The van der Waals surface area contributed by atoms with E-state index in [-0.39, 0.29) is 37.7 Å². The number of hydrogen-bond acceptors (Lipinski definition) is 5. The van der Waals surface area contributed by atoms with Crippen LogP contribution in [-0.4, -0.2) is 55.5 Å². The number of alkyl carbamates (subject to hydrolysis) is 1. The monoisotopic (exact) mass is 466 g/mol. The third kappa shape index (κ3) is 5.28. The maximum atomic E-state index is 12.5. The van der Waals surface area contributed by atoms with Crippen LogP contribution in [0.25, 0.3) is 11.1 Å². The summed E-state index contributed by atoms with van der Waals surface area (Å²) in [6.07, 6.45) is 1.07. The van der Waals surface area contributed by atoms with Crippen LogP contribution in [0.5, 0.6) is 0 Å². The fraction of sp³-hybridized carbons (Fsp3) is 0.346. The largest absolute Gasteiger partial charge is 0.479 e. The Hall–Kier alpha value is -3.65. The molecule has 2 aromatic rings. The molecule has 0 aromatic heterocycles. The lowest BCUT2D eigenvalue weighted by molar-refractivity contribution is -0.149. The van der Waals surface area contributed by atoms with Gasteiger partial charge in [-0.1, -0.05) is 61.5 Å². The summed E-state index contributed by atoms with van der Waals surface area (Å²) in [5.74, 6) is -1.76. The van der Waals surface area contributed by atoms with Gasteiger partial charge in [0.15, 0.2) is 5.54 Å². The number of carboxylic acid groups (broad SMARTS) is 1. The number of ether oxygens (including phenoxy) is 2. The van der Waals surface area contributed by atoms with Gasteiger partial charge < -0.3 is 25.2 Å². The lowest BCUT2D eigenvalue weighted by Gasteiger charge is -2.28. The molecule has 180 valence electrons. The van der Waals surface area contributed by atoms with E-state index in [1.54, 1.807) is 13.8 Å². The van der Waals surface area contributed by atoms with Crippen molar-refractivity contribution < 1.29 is 29.0 Å². The first-order valence-electron chi connectivity index (χ1n) is 11.1. The van der Waals surface area contributed by atoms with E-state index in [0.29, 0.717) is 0 Å². The van der Waals surface area contributed by atoms with Crippen molar-refractivity contribution in [2.24, 2.45) is 0 Å². The van der Waals surface area contributed by atoms with Gasteiger partial charge in [0, 0.05) is 25.1 Å². The van der Waals surface area contributed by atoms with E-state index in [9.17, 15) is 19.5 Å². The fourth-order valence-corrected chi connectivity index (χ4v) is 4.08. The standard InChI is InChI=1S/C26H30N2O6/c1-4-26(16-33-3,24(30)31)28-23(29)17(2)13-14-27-25(32)34-15-22-20-11-7-5-9-18(20)19-10-6-8-12-21(19)22/h5-13,22H,4,14-16H2,1-3H3,(H,27,32)(H,28,29)(H,30,31)/b17-13+. The highest BCUT2D eigenvalue weighted by atomic mass is 16.5. The molecule has 0 saturated heterocycles. The van der Waals surface area contributed by atoms with Crippen LogP contribution in [0.1, 0.15) is 37.3 Å². The number of methoxy groups -OCH3 is 1. The van der Waals surface area contributed by atoms with E-state index in [4.69, 9.17) is 9.47 Å². The highest BCUT2D eigenvalue weighted by Gasteiger charge is 2.38. The summed E-state index contributed by atoms with van der Waals surface area (Å²) in [5, 5.41) is 14.6. The van der Waals surface area contributed by atoms with Crippen LogP contribution in [0, 0.1) is 0 Å². The molecule has 0 bridgehead atoms. The molecule has 0 heterocycles. The Bertz CT molecular complexity index is 1050. The number of rotatable bonds is 10. The van der Waals surface area contributed by atoms with Gasteiger partial charge in [-0.3, -0.25) is 4.79 Å². The van der Waals surface area contributed by atoms with Gasteiger partial charge in [0.25, 0.3) is 0 Å². The summed E-state index contributed by atoms with van der Waals surface area (Å²) in [5.41, 5.74) is 3.30. The Morgan fingerprint density at radius 1 is 1.06 bits per heavy atom. The number of carbonyl (C=O) groups is 3. The Balaban J connectivity index is 1.54. The summed E-state index contributed by atoms with van der Waals surface area (Å²) >= 11 is 0. The quantitative estimate of drug-likeness (QED) is 0.462. The maximum Gasteiger partial charge on any atom is 0.407 e. The first kappa shape index (κ1) is 25.0. The molecule has 2 amide bonds. The second kappa shape index (κ2) is 11.0. The number of benzene rings is 2. The van der Waals surface area contributed by atoms with E-state index in [2.05, 4.69) is 22.8 Å². The Morgan fingerprint density at radius 3 is 2.18 bits per heavy atom. The summed E-state index contributed by atoms with van der Waals surface area (Å²) in [6, 6.07) is 16.2. The minimum absolute atomic E-state index is 0.0415. The molecule has 0 saturated carbocycles. The van der Waals surface area contributed by atoms with Gasteiger partial charge in [-0.05, 0) is 35.6 Å². The SMILES string of the molecule is CCC(COC)(NC(=O)/C(C)=C/CNC(=O)OCC1c2ccccc2-c2ccccc21)C(=O)O. The third-order valence-electron chi connectivity index (χ3n) is 6.11. The molecule has 1 aliphatic rings. The van der Waals surface area contributed by atoms with Crippen LogP contribution in [-0.2, 0) is 19.1 Å². The molecule has 1 atom stereocenters. The zero-order chi connectivity index (χ0) is 24.7. The first-order chi connectivity index (χ1) is 16.3. The first-order valence-corrected chi connectivity index (χ1v) is 11.1. The van der Waals surface area contributed by atoms with Crippen LogP contribution < -0.4 is 10.6 Å². The number of carbonyl (C=O) groups excluding carboxylic acids is 2. The number of amides is 2. The van der Waals surface area contributed by atoms with Crippen LogP contribution in [0.3, 0.4) is 0 Å². The number of carboxylic acids is 1. The van der Waals surface area contributed by atoms with Crippen molar-refractivity contribution in [2.75, 3.05) is 26.9 Å². The van der Waals surface area contributed by atoms with E-state index in [0.717, 1.165) is 22.3 Å². The van der Waals surface area contributed by atoms with E-state index < -0.39 is 23.5 Å². The fourth-order valence-electron chi connectivity index (χ4n) is 4.08. The van der Waals surface area contributed by atoms with Gasteiger partial charge in [0.2, 0.25) is 5.91 Å². The average Bonchev–Trinajstić information content (AvgIpc) is 3.15. The molecule has 3 N–H and O–H groups in total. The van der Waals surface area contributed by atoms with E-state index in [1.165, 1.54) is 13.2 Å². The van der Waals surface area contributed by atoms with Crippen LogP contribution >= 0.6 is 0 Å². The molecule has 1 aliphatic carbocycles. The zero-order valence-electron chi connectivity index (χ0n) is 19.6. The van der Waals surface area contributed by atoms with E-state index >= 15 is 0 Å². The maximum absolute atomic E-state index is 12.5. The molecule has 8 nitrogen and oxygen atoms in total. The van der Waals surface area contributed by atoms with Crippen LogP contribution in [0.15, 0.2) is 60.2 Å². The summed E-state index contributed by atoms with van der Waals surface area (Å²) in [4.78, 5) is 36.4. The minimum Gasteiger partial charge on any atom is -0.479 e. The zero-order valence-corrected chi connectivity index (χ0v) is 19.6. The predicted molar refractivity (Wildman–Crippen MR) is 128 cm³/mol. The second-order valence-corrected chi connectivity index (χ2v) is 8.22.